The molecule has 0 radical (unpaired) electrons. The molecule has 0 atom stereocenters. The van der Waals surface area contributed by atoms with Crippen LogP contribution < -0.4 is 16.6 Å². The van der Waals surface area contributed by atoms with E-state index in [4.69, 9.17) is 0 Å². The van der Waals surface area contributed by atoms with E-state index in [-0.39, 0.29) is 36.1 Å². The van der Waals surface area contributed by atoms with Crippen LogP contribution in [0.15, 0.2) is 69.1 Å². The first-order valence-corrected chi connectivity index (χ1v) is 10.3. The molecule has 1 heterocycles. The van der Waals surface area contributed by atoms with Crippen LogP contribution in [0, 0.1) is 0 Å². The van der Waals surface area contributed by atoms with Crippen molar-refractivity contribution in [3.63, 3.8) is 0 Å². The molecule has 0 aliphatic rings. The van der Waals surface area contributed by atoms with Crippen molar-refractivity contribution in [3.8, 4) is 0 Å². The lowest BCUT2D eigenvalue weighted by Crippen LogP contribution is -2.33. The number of nitrogens with zero attached hydrogens (tertiary/aromatic N) is 1. The number of carbonyl (C=O) groups is 1. The largest absolute Gasteiger partial charge is 0.355 e. The number of carbonyl (C=O) groups excluding carboxylic acids is 1. The molecular weight excluding hydrogens is 382 g/mol. The van der Waals surface area contributed by atoms with E-state index in [0.717, 1.165) is 0 Å². The second kappa shape index (κ2) is 8.22. The minimum atomic E-state index is -3.47. The van der Waals surface area contributed by atoms with Gasteiger partial charge in [0.15, 0.2) is 9.84 Å². The van der Waals surface area contributed by atoms with Gasteiger partial charge in [-0.05, 0) is 24.3 Å². The van der Waals surface area contributed by atoms with Crippen molar-refractivity contribution in [2.45, 2.75) is 17.9 Å². The molecule has 28 heavy (non-hydrogen) atoms. The van der Waals surface area contributed by atoms with Gasteiger partial charge in [0, 0.05) is 19.5 Å². The van der Waals surface area contributed by atoms with Gasteiger partial charge in [-0.25, -0.2) is 13.2 Å². The van der Waals surface area contributed by atoms with Crippen LogP contribution in [0.2, 0.25) is 0 Å². The van der Waals surface area contributed by atoms with Crippen molar-refractivity contribution in [3.05, 3.63) is 75.4 Å². The molecule has 3 rings (SSSR count). The number of fused-ring (bicyclic) bond motifs is 1. The van der Waals surface area contributed by atoms with Gasteiger partial charge in [0.25, 0.3) is 5.56 Å². The molecule has 146 valence electrons. The van der Waals surface area contributed by atoms with Gasteiger partial charge in [-0.1, -0.05) is 30.3 Å². The summed E-state index contributed by atoms with van der Waals surface area (Å²) in [7, 11) is -3.47. The Hall–Kier alpha value is -3.20. The van der Waals surface area contributed by atoms with Crippen LogP contribution in [0.4, 0.5) is 0 Å². The Balaban J connectivity index is 1.61. The van der Waals surface area contributed by atoms with Crippen molar-refractivity contribution in [1.29, 1.82) is 0 Å². The fraction of sp³-hybridized carbons (Fsp3) is 0.211. The number of benzene rings is 2. The van der Waals surface area contributed by atoms with Crippen LogP contribution in [0.3, 0.4) is 0 Å². The number of rotatable bonds is 7. The fourth-order valence-corrected chi connectivity index (χ4v) is 4.01. The molecule has 0 spiro atoms. The molecule has 2 aromatic carbocycles. The molecule has 3 aromatic rings. The number of para-hydroxylation sites is 1. The maximum atomic E-state index is 12.2. The van der Waals surface area contributed by atoms with Crippen LogP contribution in [0.25, 0.3) is 10.9 Å². The average molecular weight is 401 g/mol. The van der Waals surface area contributed by atoms with Crippen molar-refractivity contribution in [2.24, 2.45) is 0 Å². The van der Waals surface area contributed by atoms with E-state index in [1.807, 2.05) is 0 Å². The lowest BCUT2D eigenvalue weighted by molar-refractivity contribution is -0.121. The number of nitrogens with one attached hydrogen (secondary N) is 2. The highest BCUT2D eigenvalue weighted by Gasteiger charge is 2.14. The maximum absolute atomic E-state index is 12.2. The predicted octanol–water partition coefficient (Wildman–Crippen LogP) is 0.670. The Bertz CT molecular complexity index is 1210. The van der Waals surface area contributed by atoms with Crippen LogP contribution >= 0.6 is 0 Å². The molecule has 0 aliphatic heterocycles. The van der Waals surface area contributed by atoms with Gasteiger partial charge in [-0.15, -0.1) is 0 Å². The number of H-pyrrole nitrogens is 1. The zero-order chi connectivity index (χ0) is 20.1. The van der Waals surface area contributed by atoms with E-state index < -0.39 is 21.1 Å². The molecule has 0 saturated heterocycles. The Morgan fingerprint density at radius 3 is 2.43 bits per heavy atom. The van der Waals surface area contributed by atoms with Crippen molar-refractivity contribution in [1.82, 2.24) is 14.9 Å². The zero-order valence-electron chi connectivity index (χ0n) is 14.9. The predicted molar refractivity (Wildman–Crippen MR) is 105 cm³/mol. The molecule has 9 heteroatoms. The first kappa shape index (κ1) is 19.6. The van der Waals surface area contributed by atoms with Crippen LogP contribution in [0.1, 0.15) is 6.42 Å². The minimum absolute atomic E-state index is 0.0265. The highest BCUT2D eigenvalue weighted by atomic mass is 32.2. The molecule has 8 nitrogen and oxygen atoms in total. The molecule has 1 aromatic heterocycles. The van der Waals surface area contributed by atoms with E-state index in [0.29, 0.717) is 10.9 Å². The van der Waals surface area contributed by atoms with Gasteiger partial charge in [0.05, 0.1) is 21.6 Å². The molecule has 1 amide bonds. The molecule has 0 saturated carbocycles. The van der Waals surface area contributed by atoms with E-state index in [1.54, 1.807) is 42.5 Å². The summed E-state index contributed by atoms with van der Waals surface area (Å²) < 4.78 is 25.7. The monoisotopic (exact) mass is 401 g/mol. The summed E-state index contributed by atoms with van der Waals surface area (Å²) in [5.41, 5.74) is -0.633. The SMILES string of the molecule is O=C(CCn1c(=O)[nH]c(=O)c2ccccc21)NCCS(=O)(=O)c1ccccc1. The summed E-state index contributed by atoms with van der Waals surface area (Å²) in [6.45, 7) is 0.0325. The van der Waals surface area contributed by atoms with Crippen molar-refractivity contribution in [2.75, 3.05) is 12.3 Å². The molecule has 2 N–H and O–H groups in total. The smallest absolute Gasteiger partial charge is 0.328 e. The highest BCUT2D eigenvalue weighted by Crippen LogP contribution is 2.09. The summed E-state index contributed by atoms with van der Waals surface area (Å²) in [5.74, 6) is -0.602. The summed E-state index contributed by atoms with van der Waals surface area (Å²) in [4.78, 5) is 38.4. The van der Waals surface area contributed by atoms with Crippen LogP contribution in [0.5, 0.6) is 0 Å². The summed E-state index contributed by atoms with van der Waals surface area (Å²) in [5, 5.41) is 2.91. The number of sulfone groups is 1. The maximum Gasteiger partial charge on any atom is 0.328 e. The van der Waals surface area contributed by atoms with Gasteiger partial charge in [-0.2, -0.15) is 0 Å². The number of aromatic nitrogens is 2. The topological polar surface area (TPSA) is 118 Å². The Morgan fingerprint density at radius 2 is 1.68 bits per heavy atom. The zero-order valence-corrected chi connectivity index (χ0v) is 15.7. The molecular formula is C19H19N3O5S. The van der Waals surface area contributed by atoms with Crippen LogP contribution in [-0.2, 0) is 21.2 Å². The van der Waals surface area contributed by atoms with Crippen molar-refractivity contribution < 1.29 is 13.2 Å². The van der Waals surface area contributed by atoms with Gasteiger partial charge >= 0.3 is 5.69 Å². The van der Waals surface area contributed by atoms with Crippen LogP contribution in [-0.4, -0.2) is 36.2 Å². The second-order valence-corrected chi connectivity index (χ2v) is 8.27. The first-order chi connectivity index (χ1) is 13.4. The standard InChI is InChI=1S/C19H19N3O5S/c23-17(20-11-13-28(26,27)14-6-2-1-3-7-14)10-12-22-16-9-5-4-8-15(16)18(24)21-19(22)25/h1-9H,10-13H2,(H,20,23)(H,21,24,25). The summed E-state index contributed by atoms with van der Waals surface area (Å²) in [6, 6.07) is 14.6. The third kappa shape index (κ3) is 4.37. The highest BCUT2D eigenvalue weighted by molar-refractivity contribution is 7.91. The third-order valence-corrected chi connectivity index (χ3v) is 5.99. The van der Waals surface area contributed by atoms with E-state index >= 15 is 0 Å². The van der Waals surface area contributed by atoms with E-state index in [9.17, 15) is 22.8 Å². The second-order valence-electron chi connectivity index (χ2n) is 6.16. The average Bonchev–Trinajstić information content (AvgIpc) is 2.68. The van der Waals surface area contributed by atoms with E-state index in [2.05, 4.69) is 10.3 Å². The summed E-state index contributed by atoms with van der Waals surface area (Å²) in [6.07, 6.45) is -0.0265. The lowest BCUT2D eigenvalue weighted by Gasteiger charge is -2.10. The Kier molecular flexibility index (Phi) is 5.74. The number of hydrogen-bond acceptors (Lipinski definition) is 5. The minimum Gasteiger partial charge on any atom is -0.355 e. The molecule has 0 aliphatic carbocycles. The fourth-order valence-electron chi connectivity index (χ4n) is 2.84. The lowest BCUT2D eigenvalue weighted by atomic mass is 10.2. The summed E-state index contributed by atoms with van der Waals surface area (Å²) >= 11 is 0. The number of aromatic amines is 1. The normalized spacial score (nSPS) is 11.4. The number of aryl methyl sites for hydroxylation is 1. The molecule has 0 fully saturated rings. The van der Waals surface area contributed by atoms with Crippen molar-refractivity contribution >= 4 is 26.6 Å². The quantitative estimate of drug-likeness (QED) is 0.603. The van der Waals surface area contributed by atoms with Gasteiger partial charge in [-0.3, -0.25) is 19.1 Å². The van der Waals surface area contributed by atoms with Gasteiger partial charge in [0.1, 0.15) is 0 Å². The third-order valence-electron chi connectivity index (χ3n) is 4.26. The Morgan fingerprint density at radius 1 is 1.00 bits per heavy atom. The first-order valence-electron chi connectivity index (χ1n) is 8.65. The number of hydrogen-bond donors (Lipinski definition) is 2. The van der Waals surface area contributed by atoms with Gasteiger partial charge < -0.3 is 5.32 Å². The van der Waals surface area contributed by atoms with E-state index in [1.165, 1.54) is 16.7 Å². The number of amides is 1. The molecule has 0 bridgehead atoms. The van der Waals surface area contributed by atoms with Gasteiger partial charge in [0.2, 0.25) is 5.91 Å². The Labute approximate surface area is 160 Å². The molecule has 0 unspecified atom stereocenters.